The van der Waals surface area contributed by atoms with E-state index in [1.54, 1.807) is 25.1 Å². The number of nitrogens with zero attached hydrogens (tertiary/aromatic N) is 1. The lowest BCUT2D eigenvalue weighted by Gasteiger charge is -2.43. The summed E-state index contributed by atoms with van der Waals surface area (Å²) in [6.07, 6.45) is 3.21. The van der Waals surface area contributed by atoms with E-state index in [9.17, 15) is 9.59 Å². The summed E-state index contributed by atoms with van der Waals surface area (Å²) in [6, 6.07) is 4.45. The second-order valence-corrected chi connectivity index (χ2v) is 6.51. The lowest BCUT2D eigenvalue weighted by Crippen LogP contribution is -2.69. The van der Waals surface area contributed by atoms with Gasteiger partial charge in [0.1, 0.15) is 11.6 Å². The highest BCUT2D eigenvalue weighted by molar-refractivity contribution is 6.40. The Morgan fingerprint density at radius 3 is 2.33 bits per heavy atom. The average molecular weight is 327 g/mol. The van der Waals surface area contributed by atoms with E-state index < -0.39 is 11.6 Å². The van der Waals surface area contributed by atoms with Crippen LogP contribution in [-0.4, -0.2) is 23.4 Å². The normalized spacial score (nSPS) is 24.5. The molecule has 0 bridgehead atoms. The first kappa shape index (κ1) is 14.7. The molecule has 1 aliphatic heterocycles. The van der Waals surface area contributed by atoms with Crippen molar-refractivity contribution in [3.05, 3.63) is 28.2 Å². The lowest BCUT2D eigenvalue weighted by atomic mass is 9.90. The van der Waals surface area contributed by atoms with Gasteiger partial charge >= 0.3 is 0 Å². The van der Waals surface area contributed by atoms with Crippen LogP contribution in [0, 0.1) is 0 Å². The first-order chi connectivity index (χ1) is 9.96. The molecular formula is C15H16Cl2N2O2. The van der Waals surface area contributed by atoms with Crippen LogP contribution in [0.2, 0.25) is 10.0 Å². The number of halogens is 2. The van der Waals surface area contributed by atoms with E-state index in [0.717, 1.165) is 12.8 Å². The van der Waals surface area contributed by atoms with Gasteiger partial charge in [-0.25, -0.2) is 0 Å². The third-order valence-corrected chi connectivity index (χ3v) is 5.00. The molecule has 1 aromatic carbocycles. The van der Waals surface area contributed by atoms with Gasteiger partial charge in [0.25, 0.3) is 5.91 Å². The van der Waals surface area contributed by atoms with Crippen LogP contribution in [0.5, 0.6) is 0 Å². The molecule has 21 heavy (non-hydrogen) atoms. The van der Waals surface area contributed by atoms with Gasteiger partial charge in [0.15, 0.2) is 0 Å². The summed E-state index contributed by atoms with van der Waals surface area (Å²) in [5.41, 5.74) is -0.356. The largest absolute Gasteiger partial charge is 0.340 e. The van der Waals surface area contributed by atoms with Gasteiger partial charge in [0.05, 0.1) is 15.7 Å². The number of carbonyl (C=O) groups excluding carboxylic acids is 2. The van der Waals surface area contributed by atoms with Crippen molar-refractivity contribution in [2.45, 2.75) is 44.2 Å². The Labute approximate surface area is 133 Å². The monoisotopic (exact) mass is 326 g/mol. The van der Waals surface area contributed by atoms with Gasteiger partial charge in [-0.1, -0.05) is 42.1 Å². The van der Waals surface area contributed by atoms with Gasteiger partial charge < -0.3 is 5.32 Å². The molecule has 112 valence electrons. The second kappa shape index (κ2) is 5.18. The van der Waals surface area contributed by atoms with E-state index in [1.165, 1.54) is 4.90 Å². The molecule has 1 saturated heterocycles. The fraction of sp³-hybridized carbons (Fsp3) is 0.467. The van der Waals surface area contributed by atoms with E-state index in [4.69, 9.17) is 23.2 Å². The molecule has 0 radical (unpaired) electrons. The summed E-state index contributed by atoms with van der Waals surface area (Å²) in [6.45, 7) is 1.69. The van der Waals surface area contributed by atoms with Crippen molar-refractivity contribution >= 4 is 40.7 Å². The van der Waals surface area contributed by atoms with Crippen molar-refractivity contribution in [1.29, 1.82) is 0 Å². The first-order valence-electron chi connectivity index (χ1n) is 7.06. The Kier molecular flexibility index (Phi) is 3.62. The van der Waals surface area contributed by atoms with Gasteiger partial charge in [-0.3, -0.25) is 14.5 Å². The van der Waals surface area contributed by atoms with Crippen LogP contribution < -0.4 is 10.2 Å². The third-order valence-electron chi connectivity index (χ3n) is 4.39. The van der Waals surface area contributed by atoms with Crippen LogP contribution in [0.15, 0.2) is 18.2 Å². The summed E-state index contributed by atoms with van der Waals surface area (Å²) in [5.74, 6) is -0.269. The van der Waals surface area contributed by atoms with Crippen LogP contribution in [0.3, 0.4) is 0 Å². The van der Waals surface area contributed by atoms with Crippen molar-refractivity contribution in [1.82, 2.24) is 5.32 Å². The SMILES string of the molecule is CC1C(=O)NC2(CCCC2)C(=O)N1c1c(Cl)cccc1Cl. The predicted octanol–water partition coefficient (Wildman–Crippen LogP) is 3.16. The second-order valence-electron chi connectivity index (χ2n) is 5.70. The molecule has 1 aromatic rings. The molecule has 3 rings (SSSR count). The molecule has 2 amide bonds. The molecule has 1 spiro atoms. The fourth-order valence-corrected chi connectivity index (χ4v) is 3.83. The lowest BCUT2D eigenvalue weighted by molar-refractivity contribution is -0.137. The molecule has 4 nitrogen and oxygen atoms in total. The molecule has 1 aliphatic carbocycles. The Balaban J connectivity index is 2.10. The number of piperazine rings is 1. The number of para-hydroxylation sites is 1. The highest BCUT2D eigenvalue weighted by Gasteiger charge is 2.52. The zero-order valence-electron chi connectivity index (χ0n) is 11.7. The number of benzene rings is 1. The van der Waals surface area contributed by atoms with Crippen molar-refractivity contribution in [2.75, 3.05) is 4.90 Å². The molecule has 0 aromatic heterocycles. The standard InChI is InChI=1S/C15H16Cl2N2O2/c1-9-13(20)18-15(7-2-3-8-15)14(21)19(9)12-10(16)5-4-6-11(12)17/h4-6,9H,2-3,7-8H2,1H3,(H,18,20). The minimum atomic E-state index is -0.786. The Bertz CT molecular complexity index is 591. The van der Waals surface area contributed by atoms with Gasteiger partial charge in [0.2, 0.25) is 5.91 Å². The van der Waals surface area contributed by atoms with Gasteiger partial charge in [-0.15, -0.1) is 0 Å². The van der Waals surface area contributed by atoms with Crippen LogP contribution in [0.25, 0.3) is 0 Å². The maximum atomic E-state index is 13.0. The molecule has 1 unspecified atom stereocenters. The highest BCUT2D eigenvalue weighted by Crippen LogP contribution is 2.41. The zero-order chi connectivity index (χ0) is 15.2. The van der Waals surface area contributed by atoms with E-state index in [2.05, 4.69) is 5.32 Å². The van der Waals surface area contributed by atoms with E-state index in [-0.39, 0.29) is 11.8 Å². The van der Waals surface area contributed by atoms with E-state index in [1.807, 2.05) is 0 Å². The van der Waals surface area contributed by atoms with E-state index >= 15 is 0 Å². The number of carbonyl (C=O) groups is 2. The average Bonchev–Trinajstić information content (AvgIpc) is 2.89. The minimum absolute atomic E-state index is 0.109. The molecule has 6 heteroatoms. The van der Waals surface area contributed by atoms with Crippen LogP contribution >= 0.6 is 23.2 Å². The summed E-state index contributed by atoms with van der Waals surface area (Å²) >= 11 is 12.5. The van der Waals surface area contributed by atoms with Gasteiger partial charge in [-0.05, 0) is 31.9 Å². The molecule has 1 heterocycles. The molecule has 1 saturated carbocycles. The van der Waals surface area contributed by atoms with Crippen LogP contribution in [-0.2, 0) is 9.59 Å². The number of hydrogen-bond donors (Lipinski definition) is 1. The van der Waals surface area contributed by atoms with Crippen molar-refractivity contribution in [3.63, 3.8) is 0 Å². The van der Waals surface area contributed by atoms with Gasteiger partial charge in [0, 0.05) is 0 Å². The number of hydrogen-bond acceptors (Lipinski definition) is 2. The summed E-state index contributed by atoms with van der Waals surface area (Å²) in [4.78, 5) is 26.8. The highest BCUT2D eigenvalue weighted by atomic mass is 35.5. The third kappa shape index (κ3) is 2.21. The van der Waals surface area contributed by atoms with Crippen LogP contribution in [0.1, 0.15) is 32.6 Å². The maximum Gasteiger partial charge on any atom is 0.253 e. The summed E-state index contributed by atoms with van der Waals surface area (Å²) in [7, 11) is 0. The molecule has 2 aliphatic rings. The number of anilines is 1. The Morgan fingerprint density at radius 2 is 1.76 bits per heavy atom. The first-order valence-corrected chi connectivity index (χ1v) is 7.81. The number of nitrogens with one attached hydrogen (secondary N) is 1. The topological polar surface area (TPSA) is 49.4 Å². The Hall–Kier alpha value is -1.26. The molecule has 1 atom stereocenters. The molecule has 1 N–H and O–H groups in total. The summed E-state index contributed by atoms with van der Waals surface area (Å²) in [5, 5.41) is 3.67. The summed E-state index contributed by atoms with van der Waals surface area (Å²) < 4.78 is 0. The predicted molar refractivity (Wildman–Crippen MR) is 82.8 cm³/mol. The number of amides is 2. The van der Waals surface area contributed by atoms with Crippen molar-refractivity contribution < 1.29 is 9.59 Å². The van der Waals surface area contributed by atoms with Crippen LogP contribution in [0.4, 0.5) is 5.69 Å². The maximum absolute atomic E-state index is 13.0. The van der Waals surface area contributed by atoms with Gasteiger partial charge in [-0.2, -0.15) is 0 Å². The fourth-order valence-electron chi connectivity index (χ4n) is 3.25. The van der Waals surface area contributed by atoms with E-state index in [0.29, 0.717) is 28.6 Å². The molecule has 2 fully saturated rings. The quantitative estimate of drug-likeness (QED) is 0.861. The van der Waals surface area contributed by atoms with Crippen molar-refractivity contribution in [2.24, 2.45) is 0 Å². The van der Waals surface area contributed by atoms with Crippen molar-refractivity contribution in [3.8, 4) is 0 Å². The smallest absolute Gasteiger partial charge is 0.253 e. The Morgan fingerprint density at radius 1 is 1.19 bits per heavy atom. The zero-order valence-corrected chi connectivity index (χ0v) is 13.2. The molecular weight excluding hydrogens is 311 g/mol. The minimum Gasteiger partial charge on any atom is -0.340 e. The number of rotatable bonds is 1.